The van der Waals surface area contributed by atoms with Crippen molar-refractivity contribution in [3.63, 3.8) is 0 Å². The Morgan fingerprint density at radius 3 is 2.30 bits per heavy atom. The van der Waals surface area contributed by atoms with Crippen LogP contribution in [0.3, 0.4) is 0 Å². The SMILES string of the molecule is CCCCCCCCCCCCOC(=O)C1CCn2c1cc(C)c2C(=O)c1ccccc1F. The van der Waals surface area contributed by atoms with E-state index in [9.17, 15) is 14.0 Å². The number of benzene rings is 1. The summed E-state index contributed by atoms with van der Waals surface area (Å²) in [6.07, 6.45) is 13.0. The van der Waals surface area contributed by atoms with Crippen molar-refractivity contribution in [3.05, 3.63) is 58.7 Å². The van der Waals surface area contributed by atoms with Crippen molar-refractivity contribution in [3.8, 4) is 0 Å². The second-order valence-corrected chi connectivity index (χ2v) is 9.25. The predicted molar refractivity (Wildman–Crippen MR) is 129 cm³/mol. The lowest BCUT2D eigenvalue weighted by molar-refractivity contribution is -0.145. The average molecular weight is 456 g/mol. The number of ketones is 1. The van der Waals surface area contributed by atoms with Crippen LogP contribution in [0.5, 0.6) is 0 Å². The van der Waals surface area contributed by atoms with E-state index in [4.69, 9.17) is 4.74 Å². The fraction of sp³-hybridized carbons (Fsp3) is 0.571. The van der Waals surface area contributed by atoms with E-state index in [2.05, 4.69) is 6.92 Å². The Kier molecular flexibility index (Phi) is 9.71. The zero-order valence-corrected chi connectivity index (χ0v) is 20.2. The van der Waals surface area contributed by atoms with E-state index in [1.54, 1.807) is 12.1 Å². The first-order valence-electron chi connectivity index (χ1n) is 12.7. The molecule has 0 aliphatic carbocycles. The third-order valence-corrected chi connectivity index (χ3v) is 6.68. The van der Waals surface area contributed by atoms with Crippen LogP contribution < -0.4 is 0 Å². The first-order valence-corrected chi connectivity index (χ1v) is 12.7. The molecule has 5 heteroatoms. The summed E-state index contributed by atoms with van der Waals surface area (Å²) in [5.41, 5.74) is 2.11. The highest BCUT2D eigenvalue weighted by Gasteiger charge is 2.34. The van der Waals surface area contributed by atoms with Crippen molar-refractivity contribution in [1.82, 2.24) is 4.57 Å². The van der Waals surface area contributed by atoms with E-state index in [-0.39, 0.29) is 23.2 Å². The number of unbranched alkanes of at least 4 members (excludes halogenated alkanes) is 9. The monoisotopic (exact) mass is 455 g/mol. The summed E-state index contributed by atoms with van der Waals surface area (Å²) < 4.78 is 21.6. The van der Waals surface area contributed by atoms with Gasteiger partial charge in [0.2, 0.25) is 5.78 Å². The third-order valence-electron chi connectivity index (χ3n) is 6.68. The molecule has 180 valence electrons. The van der Waals surface area contributed by atoms with Crippen LogP contribution in [0.2, 0.25) is 0 Å². The molecule has 33 heavy (non-hydrogen) atoms. The van der Waals surface area contributed by atoms with Gasteiger partial charge in [0.05, 0.1) is 23.8 Å². The topological polar surface area (TPSA) is 48.3 Å². The number of aromatic nitrogens is 1. The van der Waals surface area contributed by atoms with Gasteiger partial charge in [-0.25, -0.2) is 4.39 Å². The first kappa shape index (κ1) is 25.2. The highest BCUT2D eigenvalue weighted by Crippen LogP contribution is 2.34. The molecule has 1 atom stereocenters. The van der Waals surface area contributed by atoms with Crippen LogP contribution in [0.15, 0.2) is 30.3 Å². The molecule has 0 amide bonds. The minimum absolute atomic E-state index is 0.0634. The molecular formula is C28H38FNO3. The Hall–Kier alpha value is -2.43. The lowest BCUT2D eigenvalue weighted by Gasteiger charge is -2.10. The molecule has 1 unspecified atom stereocenters. The van der Waals surface area contributed by atoms with Gasteiger partial charge in [-0.3, -0.25) is 9.59 Å². The van der Waals surface area contributed by atoms with E-state index in [0.29, 0.717) is 25.3 Å². The number of nitrogens with zero attached hydrogens (tertiary/aromatic N) is 1. The van der Waals surface area contributed by atoms with Gasteiger partial charge in [0.1, 0.15) is 5.82 Å². The van der Waals surface area contributed by atoms with Crippen LogP contribution in [0, 0.1) is 12.7 Å². The normalized spacial score (nSPS) is 14.9. The van der Waals surface area contributed by atoms with Crippen LogP contribution in [0.25, 0.3) is 0 Å². The number of carbonyl (C=O) groups excluding carboxylic acids is 2. The number of esters is 1. The van der Waals surface area contributed by atoms with E-state index in [1.165, 1.54) is 63.5 Å². The van der Waals surface area contributed by atoms with E-state index >= 15 is 0 Å². The van der Waals surface area contributed by atoms with Crippen LogP contribution in [0.1, 0.15) is 111 Å². The van der Waals surface area contributed by atoms with Gasteiger partial charge < -0.3 is 9.30 Å². The van der Waals surface area contributed by atoms with E-state index < -0.39 is 5.82 Å². The number of hydrogen-bond donors (Lipinski definition) is 0. The van der Waals surface area contributed by atoms with Gasteiger partial charge in [-0.15, -0.1) is 0 Å². The quantitative estimate of drug-likeness (QED) is 0.173. The highest BCUT2D eigenvalue weighted by atomic mass is 19.1. The van der Waals surface area contributed by atoms with Crippen molar-refractivity contribution in [2.24, 2.45) is 0 Å². The van der Waals surface area contributed by atoms with E-state index in [1.807, 2.05) is 17.6 Å². The second-order valence-electron chi connectivity index (χ2n) is 9.25. The number of aryl methyl sites for hydroxylation is 1. The van der Waals surface area contributed by atoms with Crippen LogP contribution >= 0.6 is 0 Å². The summed E-state index contributed by atoms with van der Waals surface area (Å²) in [6.45, 7) is 5.10. The first-order chi connectivity index (χ1) is 16.0. The average Bonchev–Trinajstić information content (AvgIpc) is 3.35. The molecule has 0 radical (unpaired) electrons. The number of carbonyl (C=O) groups is 2. The van der Waals surface area contributed by atoms with Crippen LogP contribution in [0.4, 0.5) is 4.39 Å². The molecule has 0 bridgehead atoms. The second kappa shape index (κ2) is 12.7. The van der Waals surface area contributed by atoms with Crippen molar-refractivity contribution >= 4 is 11.8 Å². The number of rotatable bonds is 14. The number of ether oxygens (including phenoxy) is 1. The van der Waals surface area contributed by atoms with Crippen molar-refractivity contribution in [1.29, 1.82) is 0 Å². The Morgan fingerprint density at radius 2 is 1.64 bits per heavy atom. The Balaban J connectivity index is 1.44. The van der Waals surface area contributed by atoms with Gasteiger partial charge in [-0.2, -0.15) is 0 Å². The summed E-state index contributed by atoms with van der Waals surface area (Å²) in [7, 11) is 0. The number of fused-ring (bicyclic) bond motifs is 1. The summed E-state index contributed by atoms with van der Waals surface area (Å²) >= 11 is 0. The molecule has 1 aromatic heterocycles. The maximum atomic E-state index is 14.1. The van der Waals surface area contributed by atoms with Crippen LogP contribution in [-0.2, 0) is 16.1 Å². The molecule has 0 spiro atoms. The number of hydrogen-bond acceptors (Lipinski definition) is 3. The summed E-state index contributed by atoms with van der Waals surface area (Å²) in [5, 5.41) is 0. The Bertz CT molecular complexity index is 933. The molecule has 3 rings (SSSR count). The Morgan fingerprint density at radius 1 is 1.00 bits per heavy atom. The maximum Gasteiger partial charge on any atom is 0.315 e. The minimum Gasteiger partial charge on any atom is -0.465 e. The number of halogens is 1. The minimum atomic E-state index is -0.525. The standard InChI is InChI=1S/C28H38FNO3/c1-3-4-5-6-7-8-9-10-11-14-19-33-28(32)23-17-18-30-25(23)20-21(2)26(30)27(31)22-15-12-13-16-24(22)29/h12-13,15-16,20,23H,3-11,14,17-19H2,1-2H3. The molecule has 1 aliphatic heterocycles. The van der Waals surface area contributed by atoms with E-state index in [0.717, 1.165) is 24.1 Å². The van der Waals surface area contributed by atoms with Gasteiger partial charge in [-0.05, 0) is 43.5 Å². The molecule has 0 saturated heterocycles. The maximum absolute atomic E-state index is 14.1. The molecule has 0 saturated carbocycles. The third kappa shape index (κ3) is 6.55. The van der Waals surface area contributed by atoms with Gasteiger partial charge in [-0.1, -0.05) is 76.8 Å². The van der Waals surface area contributed by atoms with Crippen molar-refractivity contribution in [2.75, 3.05) is 6.61 Å². The van der Waals surface area contributed by atoms with Gasteiger partial charge in [0, 0.05) is 12.2 Å². The molecule has 0 fully saturated rings. The lowest BCUT2D eigenvalue weighted by atomic mass is 10.0. The Labute approximate surface area is 197 Å². The summed E-state index contributed by atoms with van der Waals surface area (Å²) in [4.78, 5) is 25.7. The smallest absolute Gasteiger partial charge is 0.315 e. The van der Waals surface area contributed by atoms with Crippen molar-refractivity contribution in [2.45, 2.75) is 96.9 Å². The van der Waals surface area contributed by atoms with Gasteiger partial charge in [0.15, 0.2) is 0 Å². The summed E-state index contributed by atoms with van der Waals surface area (Å²) in [5.74, 6) is -1.43. The fourth-order valence-electron chi connectivity index (χ4n) is 4.82. The highest BCUT2D eigenvalue weighted by molar-refractivity contribution is 6.09. The predicted octanol–water partition coefficient (Wildman–Crippen LogP) is 7.12. The zero-order chi connectivity index (χ0) is 23.6. The molecular weight excluding hydrogens is 417 g/mol. The fourth-order valence-corrected chi connectivity index (χ4v) is 4.82. The molecule has 2 aromatic rings. The largest absolute Gasteiger partial charge is 0.465 e. The van der Waals surface area contributed by atoms with Gasteiger partial charge >= 0.3 is 5.97 Å². The molecule has 0 N–H and O–H groups in total. The summed E-state index contributed by atoms with van der Waals surface area (Å²) in [6, 6.07) is 7.91. The molecule has 1 aliphatic rings. The lowest BCUT2D eigenvalue weighted by Crippen LogP contribution is -2.15. The van der Waals surface area contributed by atoms with Crippen LogP contribution in [-0.4, -0.2) is 22.9 Å². The van der Waals surface area contributed by atoms with Crippen molar-refractivity contribution < 1.29 is 18.7 Å². The molecule has 4 nitrogen and oxygen atoms in total. The van der Waals surface area contributed by atoms with Gasteiger partial charge in [0.25, 0.3) is 0 Å². The molecule has 1 aromatic carbocycles. The molecule has 2 heterocycles. The zero-order valence-electron chi connectivity index (χ0n) is 20.2.